The van der Waals surface area contributed by atoms with E-state index in [9.17, 15) is 5.11 Å². The fourth-order valence-electron chi connectivity index (χ4n) is 1.67. The third kappa shape index (κ3) is 3.72. The lowest BCUT2D eigenvalue weighted by atomic mass is 10.2. The van der Waals surface area contributed by atoms with Gasteiger partial charge in [0, 0.05) is 12.6 Å². The molecule has 4 nitrogen and oxygen atoms in total. The molecule has 0 amide bonds. The van der Waals surface area contributed by atoms with Crippen molar-refractivity contribution in [3.8, 4) is 6.07 Å². The molecule has 0 aromatic carbocycles. The molecule has 0 aliphatic rings. The van der Waals surface area contributed by atoms with Gasteiger partial charge in [0.2, 0.25) is 0 Å². The van der Waals surface area contributed by atoms with E-state index in [1.165, 1.54) is 0 Å². The van der Waals surface area contributed by atoms with Crippen LogP contribution in [0.3, 0.4) is 0 Å². The molecule has 17 heavy (non-hydrogen) atoms. The second-order valence-corrected chi connectivity index (χ2v) is 4.31. The molecule has 0 saturated heterocycles. The van der Waals surface area contributed by atoms with E-state index in [0.717, 1.165) is 5.69 Å². The molecule has 1 atom stereocenters. The zero-order chi connectivity index (χ0) is 12.8. The van der Waals surface area contributed by atoms with Gasteiger partial charge in [-0.05, 0) is 32.9 Å². The van der Waals surface area contributed by atoms with Crippen LogP contribution in [0.1, 0.15) is 39.0 Å². The monoisotopic (exact) mass is 233 g/mol. The van der Waals surface area contributed by atoms with Crippen molar-refractivity contribution in [2.45, 2.75) is 39.3 Å². The molecule has 0 saturated carbocycles. The van der Waals surface area contributed by atoms with Crippen molar-refractivity contribution in [1.82, 2.24) is 4.98 Å². The predicted octanol–water partition coefficient (Wildman–Crippen LogP) is 2.26. The van der Waals surface area contributed by atoms with Crippen LogP contribution in [0.2, 0.25) is 0 Å². The Labute approximate surface area is 103 Å². The Morgan fingerprint density at radius 1 is 1.41 bits per heavy atom. The van der Waals surface area contributed by atoms with Crippen LogP contribution in [-0.4, -0.2) is 22.7 Å². The van der Waals surface area contributed by atoms with Crippen LogP contribution >= 0.6 is 0 Å². The quantitative estimate of drug-likeness (QED) is 0.847. The second kappa shape index (κ2) is 6.21. The highest BCUT2D eigenvalue weighted by atomic mass is 16.3. The second-order valence-electron chi connectivity index (χ2n) is 4.31. The first-order valence-corrected chi connectivity index (χ1v) is 5.84. The summed E-state index contributed by atoms with van der Waals surface area (Å²) in [6.45, 7) is 6.56. The molecule has 1 aromatic rings. The molecule has 0 aliphatic carbocycles. The maximum atomic E-state index is 9.38. The van der Waals surface area contributed by atoms with Gasteiger partial charge in [-0.15, -0.1) is 0 Å². The summed E-state index contributed by atoms with van der Waals surface area (Å²) in [4.78, 5) is 6.34. The predicted molar refractivity (Wildman–Crippen MR) is 67.6 cm³/mol. The number of aromatic nitrogens is 1. The van der Waals surface area contributed by atoms with Gasteiger partial charge in [0.25, 0.3) is 0 Å². The van der Waals surface area contributed by atoms with Crippen molar-refractivity contribution in [1.29, 1.82) is 5.26 Å². The number of nitriles is 1. The normalized spacial score (nSPS) is 12.2. The van der Waals surface area contributed by atoms with Gasteiger partial charge in [-0.2, -0.15) is 5.26 Å². The summed E-state index contributed by atoms with van der Waals surface area (Å²) in [5.41, 5.74) is 1.65. The van der Waals surface area contributed by atoms with Gasteiger partial charge in [-0.1, -0.05) is 0 Å². The van der Waals surface area contributed by atoms with Crippen molar-refractivity contribution >= 4 is 5.69 Å². The van der Waals surface area contributed by atoms with E-state index in [2.05, 4.69) is 29.8 Å². The molecule has 4 heteroatoms. The van der Waals surface area contributed by atoms with Crippen LogP contribution in [0, 0.1) is 11.3 Å². The van der Waals surface area contributed by atoms with Crippen LogP contribution in [0.25, 0.3) is 0 Å². The summed E-state index contributed by atoms with van der Waals surface area (Å²) in [5, 5.41) is 18.0. The highest BCUT2D eigenvalue weighted by molar-refractivity contribution is 5.45. The smallest absolute Gasteiger partial charge is 0.0931 e. The van der Waals surface area contributed by atoms with Crippen molar-refractivity contribution in [3.05, 3.63) is 24.0 Å². The summed E-state index contributed by atoms with van der Waals surface area (Å²) in [6, 6.07) is 6.23. The van der Waals surface area contributed by atoms with Crippen LogP contribution in [0.15, 0.2) is 18.3 Å². The number of rotatable bonds is 5. The largest absolute Gasteiger partial charge is 0.387 e. The van der Waals surface area contributed by atoms with Gasteiger partial charge in [-0.25, -0.2) is 0 Å². The number of anilines is 1. The van der Waals surface area contributed by atoms with Crippen LogP contribution < -0.4 is 4.90 Å². The molecule has 0 bridgehead atoms. The maximum Gasteiger partial charge on any atom is 0.0931 e. The first kappa shape index (κ1) is 13.5. The molecular weight excluding hydrogens is 214 g/mol. The van der Waals surface area contributed by atoms with E-state index in [0.29, 0.717) is 24.7 Å². The Bertz CT molecular complexity index is 379. The van der Waals surface area contributed by atoms with E-state index in [-0.39, 0.29) is 0 Å². The SMILES string of the molecule is CC(C)N(CCC#N)c1ccc([C@H](C)O)nc1. The van der Waals surface area contributed by atoms with E-state index >= 15 is 0 Å². The van der Waals surface area contributed by atoms with Crippen molar-refractivity contribution < 1.29 is 5.11 Å². The van der Waals surface area contributed by atoms with Crippen molar-refractivity contribution in [2.24, 2.45) is 0 Å². The minimum absolute atomic E-state index is 0.322. The molecule has 0 fully saturated rings. The van der Waals surface area contributed by atoms with Gasteiger partial charge in [0.1, 0.15) is 0 Å². The summed E-state index contributed by atoms with van der Waals surface area (Å²) in [6.07, 6.45) is 1.70. The Hall–Kier alpha value is -1.60. The summed E-state index contributed by atoms with van der Waals surface area (Å²) in [7, 11) is 0. The van der Waals surface area contributed by atoms with Crippen molar-refractivity contribution in [2.75, 3.05) is 11.4 Å². The molecule has 1 heterocycles. The highest BCUT2D eigenvalue weighted by Gasteiger charge is 2.11. The minimum Gasteiger partial charge on any atom is -0.387 e. The lowest BCUT2D eigenvalue weighted by Gasteiger charge is -2.28. The topological polar surface area (TPSA) is 60.2 Å². The number of nitrogens with zero attached hydrogens (tertiary/aromatic N) is 3. The molecule has 1 aromatic heterocycles. The summed E-state index contributed by atoms with van der Waals surface area (Å²) in [5.74, 6) is 0. The van der Waals surface area contributed by atoms with E-state index in [1.54, 1.807) is 13.1 Å². The Morgan fingerprint density at radius 2 is 2.12 bits per heavy atom. The summed E-state index contributed by atoms with van der Waals surface area (Å²) >= 11 is 0. The maximum absolute atomic E-state index is 9.38. The Morgan fingerprint density at radius 3 is 2.53 bits per heavy atom. The number of aliphatic hydroxyl groups is 1. The van der Waals surface area contributed by atoms with Crippen LogP contribution in [-0.2, 0) is 0 Å². The van der Waals surface area contributed by atoms with Gasteiger partial charge >= 0.3 is 0 Å². The zero-order valence-electron chi connectivity index (χ0n) is 10.6. The zero-order valence-corrected chi connectivity index (χ0v) is 10.6. The first-order valence-electron chi connectivity index (χ1n) is 5.84. The minimum atomic E-state index is -0.546. The molecule has 0 unspecified atom stereocenters. The average molecular weight is 233 g/mol. The molecule has 92 valence electrons. The van der Waals surface area contributed by atoms with Gasteiger partial charge in [0.05, 0.1) is 36.2 Å². The van der Waals surface area contributed by atoms with E-state index < -0.39 is 6.10 Å². The lowest BCUT2D eigenvalue weighted by molar-refractivity contribution is 0.194. The average Bonchev–Trinajstić information content (AvgIpc) is 2.29. The lowest BCUT2D eigenvalue weighted by Crippen LogP contribution is -2.31. The van der Waals surface area contributed by atoms with E-state index in [4.69, 9.17) is 5.26 Å². The Balaban J connectivity index is 2.84. The third-order valence-electron chi connectivity index (χ3n) is 2.62. The molecule has 0 spiro atoms. The number of aliphatic hydroxyl groups excluding tert-OH is 1. The number of hydrogen-bond acceptors (Lipinski definition) is 4. The molecule has 0 aliphatic heterocycles. The highest BCUT2D eigenvalue weighted by Crippen LogP contribution is 2.18. The number of hydrogen-bond donors (Lipinski definition) is 1. The van der Waals surface area contributed by atoms with Gasteiger partial charge in [0.15, 0.2) is 0 Å². The number of pyridine rings is 1. The first-order chi connectivity index (χ1) is 8.06. The van der Waals surface area contributed by atoms with Crippen molar-refractivity contribution in [3.63, 3.8) is 0 Å². The van der Waals surface area contributed by atoms with Crippen LogP contribution in [0.5, 0.6) is 0 Å². The van der Waals surface area contributed by atoms with E-state index in [1.807, 2.05) is 12.1 Å². The fraction of sp³-hybridized carbons (Fsp3) is 0.538. The fourth-order valence-corrected chi connectivity index (χ4v) is 1.67. The molecule has 1 rings (SSSR count). The molecular formula is C13H19N3O. The van der Waals surface area contributed by atoms with Gasteiger partial charge < -0.3 is 10.0 Å². The van der Waals surface area contributed by atoms with Gasteiger partial charge in [-0.3, -0.25) is 4.98 Å². The Kier molecular flexibility index (Phi) is 4.92. The molecule has 1 N–H and O–H groups in total. The van der Waals surface area contributed by atoms with Crippen LogP contribution in [0.4, 0.5) is 5.69 Å². The third-order valence-corrected chi connectivity index (χ3v) is 2.62. The summed E-state index contributed by atoms with van der Waals surface area (Å²) < 4.78 is 0. The standard InChI is InChI=1S/C13H19N3O/c1-10(2)16(8-4-7-14)12-5-6-13(11(3)17)15-9-12/h5-6,9-11,17H,4,8H2,1-3H3/t11-/m0/s1. The molecule has 0 radical (unpaired) electrons.